The summed E-state index contributed by atoms with van der Waals surface area (Å²) in [6, 6.07) is 8.28. The Morgan fingerprint density at radius 2 is 2.04 bits per heavy atom. The minimum Gasteiger partial charge on any atom is -0.488 e. The Morgan fingerprint density at radius 3 is 2.76 bits per heavy atom. The fourth-order valence-electron chi connectivity index (χ4n) is 3.54. The number of guanidine groups is 1. The third-order valence-electron chi connectivity index (χ3n) is 4.82. The third kappa shape index (κ3) is 6.02. The number of ether oxygens (including phenoxy) is 1. The maximum absolute atomic E-state index is 5.96. The van der Waals surface area contributed by atoms with Gasteiger partial charge >= 0.3 is 0 Å². The zero-order valence-electron chi connectivity index (χ0n) is 15.3. The summed E-state index contributed by atoms with van der Waals surface area (Å²) in [5, 5.41) is 6.84. The van der Waals surface area contributed by atoms with E-state index in [1.165, 1.54) is 38.0 Å². The van der Waals surface area contributed by atoms with Crippen molar-refractivity contribution < 1.29 is 4.74 Å². The number of para-hydroxylation sites is 1. The Bertz CT molecular complexity index is 535. The lowest BCUT2D eigenvalue weighted by Gasteiger charge is -2.22. The molecule has 0 amide bonds. The van der Waals surface area contributed by atoms with Crippen LogP contribution in [0.1, 0.15) is 25.3 Å². The summed E-state index contributed by atoms with van der Waals surface area (Å²) in [4.78, 5) is 6.89. The van der Waals surface area contributed by atoms with Crippen LogP contribution in [0, 0.1) is 5.92 Å². The molecular weight excluding hydrogens is 427 g/mol. The van der Waals surface area contributed by atoms with E-state index in [4.69, 9.17) is 4.74 Å². The van der Waals surface area contributed by atoms with Crippen LogP contribution in [0.5, 0.6) is 5.75 Å². The van der Waals surface area contributed by atoms with Gasteiger partial charge in [-0.2, -0.15) is 0 Å². The quantitative estimate of drug-likeness (QED) is 0.391. The number of hydrogen-bond donors (Lipinski definition) is 2. The Morgan fingerprint density at radius 1 is 1.28 bits per heavy atom. The number of benzene rings is 1. The SMILES string of the molecule is CN=C(NCC(C)CN1CCCC1)NCC1Cc2ccccc2O1.I. The maximum Gasteiger partial charge on any atom is 0.191 e. The summed E-state index contributed by atoms with van der Waals surface area (Å²) >= 11 is 0. The van der Waals surface area contributed by atoms with Gasteiger partial charge in [-0.1, -0.05) is 25.1 Å². The molecule has 2 aliphatic rings. The molecule has 0 aliphatic carbocycles. The Balaban J connectivity index is 0.00000225. The number of rotatable bonds is 6. The Hall–Kier alpha value is -1.02. The van der Waals surface area contributed by atoms with Crippen LogP contribution in [0.25, 0.3) is 0 Å². The van der Waals surface area contributed by atoms with E-state index in [1.54, 1.807) is 0 Å². The van der Waals surface area contributed by atoms with Gasteiger partial charge < -0.3 is 20.3 Å². The monoisotopic (exact) mass is 458 g/mol. The van der Waals surface area contributed by atoms with E-state index in [1.807, 2.05) is 19.2 Å². The highest BCUT2D eigenvalue weighted by Crippen LogP contribution is 2.27. The van der Waals surface area contributed by atoms with Gasteiger partial charge in [0, 0.05) is 26.6 Å². The lowest BCUT2D eigenvalue weighted by molar-refractivity contribution is 0.234. The molecule has 0 spiro atoms. The molecule has 3 rings (SSSR count). The predicted octanol–water partition coefficient (Wildman–Crippen LogP) is 2.51. The average Bonchev–Trinajstić information content (AvgIpc) is 3.23. The van der Waals surface area contributed by atoms with Gasteiger partial charge in [0.1, 0.15) is 11.9 Å². The number of nitrogens with one attached hydrogen (secondary N) is 2. The molecule has 0 saturated carbocycles. The summed E-state index contributed by atoms with van der Waals surface area (Å²) < 4.78 is 5.96. The molecule has 2 atom stereocenters. The molecule has 2 unspecified atom stereocenters. The highest BCUT2D eigenvalue weighted by atomic mass is 127. The number of halogens is 1. The van der Waals surface area contributed by atoms with Crippen molar-refractivity contribution >= 4 is 29.9 Å². The van der Waals surface area contributed by atoms with Gasteiger partial charge in [0.2, 0.25) is 0 Å². The molecular formula is C19H31IN4O. The molecule has 2 N–H and O–H groups in total. The van der Waals surface area contributed by atoms with Gasteiger partial charge in [-0.05, 0) is 43.5 Å². The van der Waals surface area contributed by atoms with Crippen molar-refractivity contribution in [3.63, 3.8) is 0 Å². The molecule has 0 bridgehead atoms. The first-order valence-electron chi connectivity index (χ1n) is 9.16. The molecule has 1 fully saturated rings. The van der Waals surface area contributed by atoms with Gasteiger partial charge in [0.15, 0.2) is 5.96 Å². The first-order valence-corrected chi connectivity index (χ1v) is 9.16. The van der Waals surface area contributed by atoms with Gasteiger partial charge in [0.05, 0.1) is 6.54 Å². The van der Waals surface area contributed by atoms with Crippen LogP contribution >= 0.6 is 24.0 Å². The number of fused-ring (bicyclic) bond motifs is 1. The van der Waals surface area contributed by atoms with E-state index in [9.17, 15) is 0 Å². The minimum absolute atomic E-state index is 0. The summed E-state index contributed by atoms with van der Waals surface area (Å²) in [6.45, 7) is 7.71. The first-order chi connectivity index (χ1) is 11.7. The smallest absolute Gasteiger partial charge is 0.191 e. The second kappa shape index (κ2) is 10.2. The summed E-state index contributed by atoms with van der Waals surface area (Å²) in [5.41, 5.74) is 1.30. The van der Waals surface area contributed by atoms with Gasteiger partial charge in [-0.25, -0.2) is 0 Å². The van der Waals surface area contributed by atoms with Crippen LogP contribution in [0.3, 0.4) is 0 Å². The lowest BCUT2D eigenvalue weighted by Crippen LogP contribution is -2.44. The maximum atomic E-state index is 5.96. The molecule has 2 heterocycles. The largest absolute Gasteiger partial charge is 0.488 e. The standard InChI is InChI=1S/C19H30N4O.HI/c1-15(14-23-9-5-6-10-23)12-21-19(20-2)22-13-17-11-16-7-3-4-8-18(16)24-17;/h3-4,7-8,15,17H,5-6,9-14H2,1-2H3,(H2,20,21,22);1H. The molecule has 0 aromatic heterocycles. The Kier molecular flexibility index (Phi) is 8.29. The molecule has 25 heavy (non-hydrogen) atoms. The molecule has 1 aromatic rings. The van der Waals surface area contributed by atoms with E-state index in [2.05, 4.69) is 39.6 Å². The average molecular weight is 458 g/mol. The van der Waals surface area contributed by atoms with Gasteiger partial charge in [-0.3, -0.25) is 4.99 Å². The van der Waals surface area contributed by atoms with E-state index in [0.29, 0.717) is 5.92 Å². The van der Waals surface area contributed by atoms with Gasteiger partial charge in [-0.15, -0.1) is 24.0 Å². The zero-order valence-corrected chi connectivity index (χ0v) is 17.7. The molecule has 0 radical (unpaired) electrons. The molecule has 140 valence electrons. The van der Waals surface area contributed by atoms with Crippen molar-refractivity contribution in [2.75, 3.05) is 39.8 Å². The number of aliphatic imine (C=N–C) groups is 1. The topological polar surface area (TPSA) is 48.9 Å². The summed E-state index contributed by atoms with van der Waals surface area (Å²) in [7, 11) is 1.82. The molecule has 1 saturated heterocycles. The van der Waals surface area contributed by atoms with E-state index in [0.717, 1.165) is 31.2 Å². The molecule has 6 heteroatoms. The van der Waals surface area contributed by atoms with Crippen molar-refractivity contribution in [1.82, 2.24) is 15.5 Å². The van der Waals surface area contributed by atoms with E-state index < -0.39 is 0 Å². The van der Waals surface area contributed by atoms with E-state index in [-0.39, 0.29) is 30.1 Å². The third-order valence-corrected chi connectivity index (χ3v) is 4.82. The number of likely N-dealkylation sites (tertiary alicyclic amines) is 1. The lowest BCUT2D eigenvalue weighted by atomic mass is 10.1. The predicted molar refractivity (Wildman–Crippen MR) is 114 cm³/mol. The number of hydrogen-bond acceptors (Lipinski definition) is 3. The van der Waals surface area contributed by atoms with E-state index >= 15 is 0 Å². The van der Waals surface area contributed by atoms with Crippen molar-refractivity contribution in [2.45, 2.75) is 32.3 Å². The highest BCUT2D eigenvalue weighted by molar-refractivity contribution is 14.0. The van der Waals surface area contributed by atoms with Crippen LogP contribution in [0.2, 0.25) is 0 Å². The summed E-state index contributed by atoms with van der Waals surface area (Å²) in [5.74, 6) is 2.50. The molecule has 1 aromatic carbocycles. The van der Waals surface area contributed by atoms with Crippen molar-refractivity contribution in [2.24, 2.45) is 10.9 Å². The van der Waals surface area contributed by atoms with Crippen LogP contribution < -0.4 is 15.4 Å². The van der Waals surface area contributed by atoms with Crippen molar-refractivity contribution in [1.29, 1.82) is 0 Å². The van der Waals surface area contributed by atoms with Crippen LogP contribution in [-0.4, -0.2) is 56.7 Å². The number of nitrogens with zero attached hydrogens (tertiary/aromatic N) is 2. The fourth-order valence-corrected chi connectivity index (χ4v) is 3.54. The minimum atomic E-state index is 0. The zero-order chi connectivity index (χ0) is 16.8. The van der Waals surface area contributed by atoms with Crippen LogP contribution in [0.4, 0.5) is 0 Å². The Labute approximate surface area is 168 Å². The normalized spacial score (nSPS) is 21.2. The van der Waals surface area contributed by atoms with Crippen LogP contribution in [0.15, 0.2) is 29.3 Å². The van der Waals surface area contributed by atoms with Crippen molar-refractivity contribution in [3.05, 3.63) is 29.8 Å². The fraction of sp³-hybridized carbons (Fsp3) is 0.632. The first kappa shape index (κ1) is 20.3. The second-order valence-corrected chi connectivity index (χ2v) is 7.00. The molecule has 2 aliphatic heterocycles. The van der Waals surface area contributed by atoms with Crippen molar-refractivity contribution in [3.8, 4) is 5.75 Å². The molecule has 5 nitrogen and oxygen atoms in total. The summed E-state index contributed by atoms with van der Waals surface area (Å²) in [6.07, 6.45) is 3.86. The van der Waals surface area contributed by atoms with Crippen LogP contribution in [-0.2, 0) is 6.42 Å². The second-order valence-electron chi connectivity index (χ2n) is 7.00. The highest BCUT2D eigenvalue weighted by Gasteiger charge is 2.22. The van der Waals surface area contributed by atoms with Gasteiger partial charge in [0.25, 0.3) is 0 Å².